The highest BCUT2D eigenvalue weighted by atomic mass is 16.2. The van der Waals surface area contributed by atoms with Crippen LogP contribution < -0.4 is 16.6 Å². The molecule has 19 heavy (non-hydrogen) atoms. The molecule has 0 atom stereocenters. The SMILES string of the molecule is CCC(CC)NC(=O)Cn1c(C)ccc(CN)c1=O. The van der Waals surface area contributed by atoms with Gasteiger partial charge in [-0.25, -0.2) is 0 Å². The van der Waals surface area contributed by atoms with E-state index in [9.17, 15) is 9.59 Å². The lowest BCUT2D eigenvalue weighted by Gasteiger charge is -2.16. The van der Waals surface area contributed by atoms with E-state index >= 15 is 0 Å². The van der Waals surface area contributed by atoms with Crippen molar-refractivity contribution in [1.82, 2.24) is 9.88 Å². The third-order valence-electron chi connectivity index (χ3n) is 3.34. The zero-order valence-corrected chi connectivity index (χ0v) is 11.9. The Morgan fingerprint density at radius 2 is 2.00 bits per heavy atom. The molecule has 0 saturated carbocycles. The normalized spacial score (nSPS) is 10.8. The van der Waals surface area contributed by atoms with Crippen LogP contribution in [0.2, 0.25) is 0 Å². The maximum atomic E-state index is 12.1. The van der Waals surface area contributed by atoms with Gasteiger partial charge in [-0.3, -0.25) is 9.59 Å². The molecule has 5 nitrogen and oxygen atoms in total. The molecule has 0 fully saturated rings. The van der Waals surface area contributed by atoms with E-state index in [2.05, 4.69) is 5.32 Å². The van der Waals surface area contributed by atoms with Crippen LogP contribution in [0.15, 0.2) is 16.9 Å². The lowest BCUT2D eigenvalue weighted by Crippen LogP contribution is -2.39. The number of aryl methyl sites for hydroxylation is 1. The Bertz CT molecular complexity index is 490. The number of aromatic nitrogens is 1. The summed E-state index contributed by atoms with van der Waals surface area (Å²) in [6.07, 6.45) is 1.78. The van der Waals surface area contributed by atoms with Crippen molar-refractivity contribution < 1.29 is 4.79 Å². The Kier molecular flexibility index (Phi) is 5.76. The number of nitrogens with one attached hydrogen (secondary N) is 1. The molecule has 0 radical (unpaired) electrons. The van der Waals surface area contributed by atoms with E-state index in [1.165, 1.54) is 4.57 Å². The van der Waals surface area contributed by atoms with Crippen LogP contribution in [0.3, 0.4) is 0 Å². The fraction of sp³-hybridized carbons (Fsp3) is 0.571. The summed E-state index contributed by atoms with van der Waals surface area (Å²) >= 11 is 0. The summed E-state index contributed by atoms with van der Waals surface area (Å²) in [5, 5.41) is 2.93. The lowest BCUT2D eigenvalue weighted by molar-refractivity contribution is -0.122. The van der Waals surface area contributed by atoms with Crippen LogP contribution in [0.5, 0.6) is 0 Å². The van der Waals surface area contributed by atoms with Gasteiger partial charge in [0.15, 0.2) is 0 Å². The molecule has 1 heterocycles. The number of amides is 1. The third kappa shape index (κ3) is 3.92. The molecule has 1 aromatic rings. The van der Waals surface area contributed by atoms with Gasteiger partial charge in [-0.05, 0) is 25.8 Å². The Morgan fingerprint density at radius 1 is 1.37 bits per heavy atom. The number of rotatable bonds is 6. The fourth-order valence-corrected chi connectivity index (χ4v) is 1.98. The van der Waals surface area contributed by atoms with Crippen molar-refractivity contribution in [2.45, 2.75) is 52.7 Å². The van der Waals surface area contributed by atoms with Gasteiger partial charge in [0.2, 0.25) is 5.91 Å². The van der Waals surface area contributed by atoms with Gasteiger partial charge in [0, 0.05) is 23.8 Å². The topological polar surface area (TPSA) is 77.1 Å². The number of hydrogen-bond acceptors (Lipinski definition) is 3. The second-order valence-corrected chi connectivity index (χ2v) is 4.68. The van der Waals surface area contributed by atoms with Crippen LogP contribution in [0.4, 0.5) is 0 Å². The van der Waals surface area contributed by atoms with Crippen molar-refractivity contribution in [3.63, 3.8) is 0 Å². The molecular weight excluding hydrogens is 242 g/mol. The van der Waals surface area contributed by atoms with Crippen molar-refractivity contribution in [3.8, 4) is 0 Å². The minimum Gasteiger partial charge on any atom is -0.352 e. The van der Waals surface area contributed by atoms with Gasteiger partial charge in [-0.2, -0.15) is 0 Å². The predicted molar refractivity (Wildman–Crippen MR) is 75.8 cm³/mol. The first-order valence-electron chi connectivity index (χ1n) is 6.72. The summed E-state index contributed by atoms with van der Waals surface area (Å²) in [7, 11) is 0. The van der Waals surface area contributed by atoms with Gasteiger partial charge in [0.1, 0.15) is 6.54 Å². The summed E-state index contributed by atoms with van der Waals surface area (Å²) in [6.45, 7) is 6.11. The van der Waals surface area contributed by atoms with Crippen LogP contribution in [-0.4, -0.2) is 16.5 Å². The van der Waals surface area contributed by atoms with Gasteiger partial charge in [0.25, 0.3) is 5.56 Å². The van der Waals surface area contributed by atoms with Gasteiger partial charge in [-0.15, -0.1) is 0 Å². The molecule has 0 aliphatic carbocycles. The number of carbonyl (C=O) groups is 1. The maximum Gasteiger partial charge on any atom is 0.255 e. The summed E-state index contributed by atoms with van der Waals surface area (Å²) in [6, 6.07) is 3.70. The smallest absolute Gasteiger partial charge is 0.255 e. The maximum absolute atomic E-state index is 12.1. The fourth-order valence-electron chi connectivity index (χ4n) is 1.98. The highest BCUT2D eigenvalue weighted by Crippen LogP contribution is 2.00. The van der Waals surface area contributed by atoms with Crippen LogP contribution in [0.25, 0.3) is 0 Å². The van der Waals surface area contributed by atoms with Gasteiger partial charge in [-0.1, -0.05) is 19.9 Å². The highest BCUT2D eigenvalue weighted by Gasteiger charge is 2.12. The van der Waals surface area contributed by atoms with Crippen LogP contribution >= 0.6 is 0 Å². The second kappa shape index (κ2) is 7.09. The molecule has 0 unspecified atom stereocenters. The third-order valence-corrected chi connectivity index (χ3v) is 3.34. The molecule has 3 N–H and O–H groups in total. The zero-order valence-electron chi connectivity index (χ0n) is 11.9. The summed E-state index contributed by atoms with van der Waals surface area (Å²) in [4.78, 5) is 24.0. The lowest BCUT2D eigenvalue weighted by atomic mass is 10.2. The van der Waals surface area contributed by atoms with Crippen molar-refractivity contribution in [2.24, 2.45) is 5.73 Å². The zero-order chi connectivity index (χ0) is 14.4. The molecule has 1 rings (SSSR count). The molecule has 0 aromatic carbocycles. The van der Waals surface area contributed by atoms with E-state index in [1.54, 1.807) is 6.07 Å². The number of pyridine rings is 1. The molecule has 0 bridgehead atoms. The van der Waals surface area contributed by atoms with Crippen molar-refractivity contribution in [3.05, 3.63) is 33.7 Å². The predicted octanol–water partition coefficient (Wildman–Crippen LogP) is 0.920. The monoisotopic (exact) mass is 265 g/mol. The Balaban J connectivity index is 2.88. The molecule has 0 saturated heterocycles. The Hall–Kier alpha value is -1.62. The van der Waals surface area contributed by atoms with Crippen LogP contribution in [0.1, 0.15) is 37.9 Å². The summed E-state index contributed by atoms with van der Waals surface area (Å²) < 4.78 is 1.47. The van der Waals surface area contributed by atoms with E-state index in [0.717, 1.165) is 18.5 Å². The minimum absolute atomic E-state index is 0.0506. The summed E-state index contributed by atoms with van der Waals surface area (Å²) in [5.41, 5.74) is 6.63. The number of hydrogen-bond donors (Lipinski definition) is 2. The highest BCUT2D eigenvalue weighted by molar-refractivity contribution is 5.76. The van der Waals surface area contributed by atoms with Gasteiger partial charge >= 0.3 is 0 Å². The van der Waals surface area contributed by atoms with E-state index in [-0.39, 0.29) is 30.6 Å². The molecule has 0 spiro atoms. The Morgan fingerprint density at radius 3 is 2.53 bits per heavy atom. The van der Waals surface area contributed by atoms with Crippen molar-refractivity contribution in [2.75, 3.05) is 0 Å². The average molecular weight is 265 g/mol. The number of carbonyl (C=O) groups excluding carboxylic acids is 1. The second-order valence-electron chi connectivity index (χ2n) is 4.68. The van der Waals surface area contributed by atoms with Crippen LogP contribution in [-0.2, 0) is 17.9 Å². The molecule has 1 amide bonds. The quantitative estimate of drug-likeness (QED) is 0.803. The minimum atomic E-state index is -0.179. The Labute approximate surface area is 113 Å². The van der Waals surface area contributed by atoms with Gasteiger partial charge in [0.05, 0.1) is 0 Å². The van der Waals surface area contributed by atoms with Crippen molar-refractivity contribution in [1.29, 1.82) is 0 Å². The molecule has 5 heteroatoms. The number of nitrogens with two attached hydrogens (primary N) is 1. The van der Waals surface area contributed by atoms with E-state index in [4.69, 9.17) is 5.73 Å². The van der Waals surface area contributed by atoms with Gasteiger partial charge < -0.3 is 15.6 Å². The van der Waals surface area contributed by atoms with E-state index in [1.807, 2.05) is 26.8 Å². The first-order chi connectivity index (χ1) is 9.03. The van der Waals surface area contributed by atoms with E-state index in [0.29, 0.717) is 5.56 Å². The largest absolute Gasteiger partial charge is 0.352 e. The van der Waals surface area contributed by atoms with Crippen molar-refractivity contribution >= 4 is 5.91 Å². The number of nitrogens with zero attached hydrogens (tertiary/aromatic N) is 1. The molecule has 106 valence electrons. The molecular formula is C14H23N3O2. The molecule has 0 aliphatic rings. The first-order valence-corrected chi connectivity index (χ1v) is 6.72. The van der Waals surface area contributed by atoms with Crippen LogP contribution in [0, 0.1) is 6.92 Å². The average Bonchev–Trinajstić information content (AvgIpc) is 2.41. The standard InChI is InChI=1S/C14H23N3O2/c1-4-12(5-2)16-13(18)9-17-10(3)6-7-11(8-15)14(17)19/h6-7,12H,4-5,8-9,15H2,1-3H3,(H,16,18). The molecule has 1 aromatic heterocycles. The van der Waals surface area contributed by atoms with E-state index < -0.39 is 0 Å². The summed E-state index contributed by atoms with van der Waals surface area (Å²) in [5.74, 6) is -0.131. The molecule has 0 aliphatic heterocycles. The first kappa shape index (κ1) is 15.4.